The van der Waals surface area contributed by atoms with Crippen molar-refractivity contribution >= 4 is 37.3 Å². The molecule has 0 bridgehead atoms. The monoisotopic (exact) mass is 453 g/mol. The molecule has 1 unspecified atom stereocenters. The van der Waals surface area contributed by atoms with Gasteiger partial charge in [-0.3, -0.25) is 0 Å². The first-order valence-corrected chi connectivity index (χ1v) is 11.3. The molecular weight excluding hydrogens is 438 g/mol. The number of thiophene rings is 1. The van der Waals surface area contributed by atoms with E-state index in [1.807, 2.05) is 16.8 Å². The number of aromatic nitrogens is 2. The molecule has 0 spiro atoms. The minimum atomic E-state index is -3.53. The fourth-order valence-electron chi connectivity index (χ4n) is 3.02. The van der Waals surface area contributed by atoms with Gasteiger partial charge in [0, 0.05) is 28.5 Å². The van der Waals surface area contributed by atoms with Crippen molar-refractivity contribution in [2.75, 3.05) is 13.1 Å². The first-order chi connectivity index (χ1) is 12.5. The molecule has 136 valence electrons. The van der Waals surface area contributed by atoms with Crippen LogP contribution in [-0.2, 0) is 10.0 Å². The van der Waals surface area contributed by atoms with Gasteiger partial charge in [0.25, 0.3) is 0 Å². The number of nitrogens with zero attached hydrogens (tertiary/aromatic N) is 3. The fraction of sp³-hybridized carbons (Fsp3) is 0.294. The molecule has 0 radical (unpaired) electrons. The third kappa shape index (κ3) is 3.48. The van der Waals surface area contributed by atoms with Crippen LogP contribution < -0.4 is 0 Å². The molecule has 1 aliphatic heterocycles. The van der Waals surface area contributed by atoms with Gasteiger partial charge in [-0.25, -0.2) is 8.42 Å². The van der Waals surface area contributed by atoms with Gasteiger partial charge in [-0.1, -0.05) is 15.9 Å². The second-order valence-electron chi connectivity index (χ2n) is 6.11. The Bertz CT molecular complexity index is 985. The van der Waals surface area contributed by atoms with E-state index in [2.05, 4.69) is 26.1 Å². The number of hydrogen-bond acceptors (Lipinski definition) is 6. The Kier molecular flexibility index (Phi) is 4.96. The summed E-state index contributed by atoms with van der Waals surface area (Å²) in [4.78, 5) is 0.297. The molecule has 6 nitrogen and oxygen atoms in total. The third-order valence-electron chi connectivity index (χ3n) is 4.39. The van der Waals surface area contributed by atoms with E-state index in [0.717, 1.165) is 22.9 Å². The Labute approximate surface area is 164 Å². The number of benzene rings is 1. The summed E-state index contributed by atoms with van der Waals surface area (Å²) in [6.45, 7) is 0.851. The number of rotatable bonds is 4. The maximum Gasteiger partial charge on any atom is 0.248 e. The zero-order chi connectivity index (χ0) is 18.1. The lowest BCUT2D eigenvalue weighted by atomic mass is 10.00. The van der Waals surface area contributed by atoms with E-state index in [1.165, 1.54) is 4.31 Å². The Hall–Kier alpha value is -1.55. The van der Waals surface area contributed by atoms with Gasteiger partial charge in [0.15, 0.2) is 0 Å². The SMILES string of the molecule is O=S(=O)(c1ccc(Br)cc1)N1CCCC(c2nnc(-c3ccsc3)o2)C1. The lowest BCUT2D eigenvalue weighted by Crippen LogP contribution is -2.39. The first-order valence-electron chi connectivity index (χ1n) is 8.16. The van der Waals surface area contributed by atoms with Crippen LogP contribution in [-0.4, -0.2) is 36.0 Å². The summed E-state index contributed by atoms with van der Waals surface area (Å²) in [5.74, 6) is 0.893. The summed E-state index contributed by atoms with van der Waals surface area (Å²) in [5, 5.41) is 12.2. The minimum Gasteiger partial charge on any atom is -0.420 e. The average Bonchev–Trinajstić information content (AvgIpc) is 3.34. The van der Waals surface area contributed by atoms with Gasteiger partial charge >= 0.3 is 0 Å². The highest BCUT2D eigenvalue weighted by Gasteiger charge is 2.33. The highest BCUT2D eigenvalue weighted by Crippen LogP contribution is 2.31. The van der Waals surface area contributed by atoms with Crippen molar-refractivity contribution in [3.63, 3.8) is 0 Å². The second-order valence-corrected chi connectivity index (χ2v) is 9.75. The highest BCUT2D eigenvalue weighted by atomic mass is 79.9. The Morgan fingerprint density at radius 3 is 2.73 bits per heavy atom. The van der Waals surface area contributed by atoms with Crippen LogP contribution in [0.2, 0.25) is 0 Å². The predicted molar refractivity (Wildman–Crippen MR) is 102 cm³/mol. The van der Waals surface area contributed by atoms with Crippen molar-refractivity contribution in [3.05, 3.63) is 51.5 Å². The van der Waals surface area contributed by atoms with Crippen LogP contribution in [0.1, 0.15) is 24.7 Å². The summed E-state index contributed by atoms with van der Waals surface area (Å²) in [7, 11) is -3.53. The molecule has 0 aliphatic carbocycles. The normalized spacial score (nSPS) is 18.9. The van der Waals surface area contributed by atoms with Gasteiger partial charge in [-0.15, -0.1) is 10.2 Å². The largest absolute Gasteiger partial charge is 0.420 e. The van der Waals surface area contributed by atoms with Gasteiger partial charge in [0.1, 0.15) is 0 Å². The number of hydrogen-bond donors (Lipinski definition) is 0. The maximum atomic E-state index is 12.9. The molecule has 4 rings (SSSR count). The quantitative estimate of drug-likeness (QED) is 0.593. The van der Waals surface area contributed by atoms with Crippen LogP contribution in [0, 0.1) is 0 Å². The third-order valence-corrected chi connectivity index (χ3v) is 7.48. The molecule has 3 aromatic rings. The van der Waals surface area contributed by atoms with Crippen molar-refractivity contribution in [3.8, 4) is 11.5 Å². The van der Waals surface area contributed by atoms with E-state index in [9.17, 15) is 8.42 Å². The zero-order valence-electron chi connectivity index (χ0n) is 13.7. The van der Waals surface area contributed by atoms with Gasteiger partial charge in [-0.2, -0.15) is 15.6 Å². The molecule has 2 aromatic heterocycles. The van der Waals surface area contributed by atoms with Crippen LogP contribution >= 0.6 is 27.3 Å². The van der Waals surface area contributed by atoms with E-state index in [-0.39, 0.29) is 5.92 Å². The van der Waals surface area contributed by atoms with E-state index in [0.29, 0.717) is 29.8 Å². The van der Waals surface area contributed by atoms with Crippen LogP contribution in [0.4, 0.5) is 0 Å². The summed E-state index contributed by atoms with van der Waals surface area (Å²) < 4.78 is 34.0. The lowest BCUT2D eigenvalue weighted by Gasteiger charge is -2.30. The van der Waals surface area contributed by atoms with E-state index < -0.39 is 10.0 Å². The van der Waals surface area contributed by atoms with Crippen LogP contribution in [0.15, 0.2) is 54.9 Å². The molecule has 0 N–H and O–H groups in total. The van der Waals surface area contributed by atoms with Gasteiger partial charge in [0.05, 0.1) is 10.8 Å². The Balaban J connectivity index is 1.55. The number of sulfonamides is 1. The van der Waals surface area contributed by atoms with E-state index in [4.69, 9.17) is 4.42 Å². The molecule has 1 aliphatic rings. The van der Waals surface area contributed by atoms with Crippen molar-refractivity contribution < 1.29 is 12.8 Å². The van der Waals surface area contributed by atoms with Crippen LogP contribution in [0.3, 0.4) is 0 Å². The molecule has 0 saturated carbocycles. The van der Waals surface area contributed by atoms with Crippen molar-refractivity contribution in [2.45, 2.75) is 23.7 Å². The Morgan fingerprint density at radius 1 is 1.19 bits per heavy atom. The average molecular weight is 454 g/mol. The maximum absolute atomic E-state index is 12.9. The summed E-state index contributed by atoms with van der Waals surface area (Å²) in [6.07, 6.45) is 1.59. The van der Waals surface area contributed by atoms with Gasteiger partial charge in [0.2, 0.25) is 21.8 Å². The highest BCUT2D eigenvalue weighted by molar-refractivity contribution is 9.10. The summed E-state index contributed by atoms with van der Waals surface area (Å²) in [5.41, 5.74) is 0.892. The molecule has 1 aromatic carbocycles. The van der Waals surface area contributed by atoms with Crippen molar-refractivity contribution in [1.82, 2.24) is 14.5 Å². The molecule has 1 atom stereocenters. The fourth-order valence-corrected chi connectivity index (χ4v) is 5.44. The van der Waals surface area contributed by atoms with Gasteiger partial charge < -0.3 is 4.42 Å². The standard InChI is InChI=1S/C17H16BrN3O3S2/c18-14-3-5-15(6-4-14)26(22,23)21-8-1-2-12(10-21)16-19-20-17(24-16)13-7-9-25-11-13/h3-7,9,11-12H,1-2,8,10H2. The number of halogens is 1. The lowest BCUT2D eigenvalue weighted by molar-refractivity contribution is 0.286. The zero-order valence-corrected chi connectivity index (χ0v) is 16.9. The van der Waals surface area contributed by atoms with Crippen molar-refractivity contribution in [2.24, 2.45) is 0 Å². The van der Waals surface area contributed by atoms with Crippen molar-refractivity contribution in [1.29, 1.82) is 0 Å². The number of piperidine rings is 1. The molecule has 3 heterocycles. The van der Waals surface area contributed by atoms with E-state index in [1.54, 1.807) is 35.6 Å². The van der Waals surface area contributed by atoms with Crippen LogP contribution in [0.5, 0.6) is 0 Å². The molecular formula is C17H16BrN3O3S2. The summed E-state index contributed by atoms with van der Waals surface area (Å²) in [6, 6.07) is 8.63. The topological polar surface area (TPSA) is 76.3 Å². The molecule has 1 fully saturated rings. The smallest absolute Gasteiger partial charge is 0.248 e. The van der Waals surface area contributed by atoms with Gasteiger partial charge in [-0.05, 0) is 48.6 Å². The molecule has 1 saturated heterocycles. The molecule has 26 heavy (non-hydrogen) atoms. The van der Waals surface area contributed by atoms with Crippen LogP contribution in [0.25, 0.3) is 11.5 Å². The molecule has 0 amide bonds. The summed E-state index contributed by atoms with van der Waals surface area (Å²) >= 11 is 4.89. The van der Waals surface area contributed by atoms with E-state index >= 15 is 0 Å². The predicted octanol–water partition coefficient (Wildman–Crippen LogP) is 4.13. The minimum absolute atomic E-state index is 0.0890. The Morgan fingerprint density at radius 2 is 2.00 bits per heavy atom. The first kappa shape index (κ1) is 17.8. The molecule has 9 heteroatoms. The second kappa shape index (κ2) is 7.22.